The average Bonchev–Trinajstić information content (AvgIpc) is 3.15. The van der Waals surface area contributed by atoms with Gasteiger partial charge in [-0.3, -0.25) is 0 Å². The Balaban J connectivity index is 0.00000420. The first-order valence-electron chi connectivity index (χ1n) is 9.40. The number of nitrogens with zero attached hydrogens (tertiary/aromatic N) is 3. The van der Waals surface area contributed by atoms with E-state index in [0.29, 0.717) is 37.4 Å². The minimum atomic E-state index is -0.386. The van der Waals surface area contributed by atoms with Crippen LogP contribution in [-0.2, 0) is 11.3 Å². The SMILES string of the molecule is CCNC(=NCc1nc(C(C)OCC)no1)NCC(C)Oc1ccccc1F.I. The third kappa shape index (κ3) is 8.52. The summed E-state index contributed by atoms with van der Waals surface area (Å²) in [5.74, 6) is 1.30. The van der Waals surface area contributed by atoms with E-state index in [2.05, 4.69) is 25.8 Å². The molecule has 0 saturated carbocycles. The molecule has 8 nitrogen and oxygen atoms in total. The maximum atomic E-state index is 13.7. The molecule has 0 saturated heterocycles. The van der Waals surface area contributed by atoms with Gasteiger partial charge in [0.1, 0.15) is 18.8 Å². The van der Waals surface area contributed by atoms with E-state index < -0.39 is 0 Å². The molecule has 0 spiro atoms. The van der Waals surface area contributed by atoms with Gasteiger partial charge in [-0.25, -0.2) is 9.38 Å². The maximum absolute atomic E-state index is 13.7. The summed E-state index contributed by atoms with van der Waals surface area (Å²) in [7, 11) is 0. The van der Waals surface area contributed by atoms with E-state index in [1.54, 1.807) is 18.2 Å². The maximum Gasteiger partial charge on any atom is 0.248 e. The highest BCUT2D eigenvalue weighted by Gasteiger charge is 2.14. The lowest BCUT2D eigenvalue weighted by Crippen LogP contribution is -2.41. The zero-order valence-corrected chi connectivity index (χ0v) is 19.5. The number of nitrogens with one attached hydrogen (secondary N) is 2. The number of para-hydroxylation sites is 1. The molecule has 1 aromatic heterocycles. The monoisotopic (exact) mass is 521 g/mol. The number of benzene rings is 1. The third-order valence-corrected chi connectivity index (χ3v) is 3.70. The molecule has 2 aromatic rings. The molecule has 0 amide bonds. The Hall–Kier alpha value is -1.95. The van der Waals surface area contributed by atoms with Gasteiger partial charge in [-0.2, -0.15) is 4.98 Å². The van der Waals surface area contributed by atoms with E-state index in [0.717, 1.165) is 0 Å². The van der Waals surface area contributed by atoms with Crippen LogP contribution >= 0.6 is 24.0 Å². The lowest BCUT2D eigenvalue weighted by Gasteiger charge is -2.17. The van der Waals surface area contributed by atoms with Crippen LogP contribution in [-0.4, -0.2) is 41.9 Å². The molecule has 0 aliphatic carbocycles. The number of aliphatic imine (C=N–C) groups is 1. The number of halogens is 2. The normalized spacial score (nSPS) is 13.3. The van der Waals surface area contributed by atoms with Crippen molar-refractivity contribution in [3.05, 3.63) is 41.8 Å². The fraction of sp³-hybridized carbons (Fsp3) is 0.526. The average molecular weight is 521 g/mol. The van der Waals surface area contributed by atoms with E-state index in [4.69, 9.17) is 14.0 Å². The molecular formula is C19H29FIN5O3. The van der Waals surface area contributed by atoms with Crippen molar-refractivity contribution in [3.8, 4) is 5.75 Å². The van der Waals surface area contributed by atoms with Crippen LogP contribution in [0.4, 0.5) is 4.39 Å². The molecule has 0 bridgehead atoms. The Morgan fingerprint density at radius 1 is 1.24 bits per heavy atom. The largest absolute Gasteiger partial charge is 0.486 e. The molecular weight excluding hydrogens is 492 g/mol. The summed E-state index contributed by atoms with van der Waals surface area (Å²) in [5.41, 5.74) is 0. The lowest BCUT2D eigenvalue weighted by atomic mass is 10.3. The summed E-state index contributed by atoms with van der Waals surface area (Å²) in [6.45, 7) is 9.51. The van der Waals surface area contributed by atoms with Crippen LogP contribution in [0, 0.1) is 5.82 Å². The van der Waals surface area contributed by atoms with Crippen molar-refractivity contribution < 1.29 is 18.4 Å². The summed E-state index contributed by atoms with van der Waals surface area (Å²) in [6.07, 6.45) is -0.489. The second kappa shape index (κ2) is 13.3. The standard InChI is InChI=1S/C19H28FN5O3.HI/c1-5-21-19(22-11-13(3)27-16-10-8-7-9-15(16)20)23-12-17-24-18(25-28-17)14(4)26-6-2;/h7-10,13-14H,5-6,11-12H2,1-4H3,(H2,21,22,23);1H. The summed E-state index contributed by atoms with van der Waals surface area (Å²) in [4.78, 5) is 8.72. The van der Waals surface area contributed by atoms with Gasteiger partial charge in [0.15, 0.2) is 23.4 Å². The van der Waals surface area contributed by atoms with Gasteiger partial charge in [-0.05, 0) is 39.8 Å². The highest BCUT2D eigenvalue weighted by molar-refractivity contribution is 14.0. The van der Waals surface area contributed by atoms with Crippen LogP contribution in [0.5, 0.6) is 5.75 Å². The van der Waals surface area contributed by atoms with Crippen LogP contribution < -0.4 is 15.4 Å². The van der Waals surface area contributed by atoms with Crippen molar-refractivity contribution in [2.24, 2.45) is 4.99 Å². The van der Waals surface area contributed by atoms with Crippen molar-refractivity contribution in [2.75, 3.05) is 19.7 Å². The molecule has 0 radical (unpaired) electrons. The molecule has 0 aliphatic heterocycles. The Morgan fingerprint density at radius 2 is 2.00 bits per heavy atom. The first-order chi connectivity index (χ1) is 13.5. The van der Waals surface area contributed by atoms with Crippen molar-refractivity contribution in [1.29, 1.82) is 0 Å². The molecule has 2 rings (SSSR count). The quantitative estimate of drug-likeness (QED) is 0.281. The number of ether oxygens (including phenoxy) is 2. The van der Waals surface area contributed by atoms with Gasteiger partial charge in [-0.15, -0.1) is 24.0 Å². The van der Waals surface area contributed by atoms with E-state index in [-0.39, 0.29) is 54.3 Å². The Morgan fingerprint density at radius 3 is 2.69 bits per heavy atom. The van der Waals surface area contributed by atoms with Crippen LogP contribution in [0.2, 0.25) is 0 Å². The lowest BCUT2D eigenvalue weighted by molar-refractivity contribution is 0.0683. The van der Waals surface area contributed by atoms with Crippen LogP contribution in [0.15, 0.2) is 33.8 Å². The second-order valence-electron chi connectivity index (χ2n) is 6.08. The zero-order chi connectivity index (χ0) is 20.4. The Labute approximate surface area is 187 Å². The molecule has 1 aromatic carbocycles. The van der Waals surface area contributed by atoms with Gasteiger partial charge in [0.05, 0.1) is 6.54 Å². The summed E-state index contributed by atoms with van der Waals surface area (Å²) >= 11 is 0. The highest BCUT2D eigenvalue weighted by Crippen LogP contribution is 2.16. The molecule has 162 valence electrons. The van der Waals surface area contributed by atoms with Crippen molar-refractivity contribution in [3.63, 3.8) is 0 Å². The predicted molar refractivity (Wildman–Crippen MR) is 119 cm³/mol. The van der Waals surface area contributed by atoms with E-state index in [9.17, 15) is 4.39 Å². The predicted octanol–water partition coefficient (Wildman–Crippen LogP) is 3.45. The van der Waals surface area contributed by atoms with Gasteiger partial charge in [0.2, 0.25) is 5.89 Å². The number of rotatable bonds is 10. The number of hydrogen-bond acceptors (Lipinski definition) is 6. The van der Waals surface area contributed by atoms with Crippen molar-refractivity contribution >= 4 is 29.9 Å². The molecule has 2 atom stereocenters. The highest BCUT2D eigenvalue weighted by atomic mass is 127. The molecule has 10 heteroatoms. The minimum absolute atomic E-state index is 0. The van der Waals surface area contributed by atoms with Gasteiger partial charge in [0.25, 0.3) is 0 Å². The van der Waals surface area contributed by atoms with E-state index in [1.807, 2.05) is 27.7 Å². The van der Waals surface area contributed by atoms with Crippen molar-refractivity contribution in [1.82, 2.24) is 20.8 Å². The first kappa shape index (κ1) is 25.1. The number of guanidine groups is 1. The Bertz CT molecular complexity index is 759. The van der Waals surface area contributed by atoms with Crippen molar-refractivity contribution in [2.45, 2.75) is 46.4 Å². The topological polar surface area (TPSA) is 93.8 Å². The summed E-state index contributed by atoms with van der Waals surface area (Å²) in [6, 6.07) is 6.32. The molecule has 29 heavy (non-hydrogen) atoms. The molecule has 1 heterocycles. The fourth-order valence-corrected chi connectivity index (χ4v) is 2.35. The number of aromatic nitrogens is 2. The van der Waals surface area contributed by atoms with Gasteiger partial charge in [0, 0.05) is 13.2 Å². The molecule has 2 unspecified atom stereocenters. The molecule has 2 N–H and O–H groups in total. The number of hydrogen-bond donors (Lipinski definition) is 2. The van der Waals surface area contributed by atoms with E-state index >= 15 is 0 Å². The third-order valence-electron chi connectivity index (χ3n) is 3.70. The van der Waals surface area contributed by atoms with Crippen LogP contribution in [0.3, 0.4) is 0 Å². The van der Waals surface area contributed by atoms with Gasteiger partial charge < -0.3 is 24.6 Å². The molecule has 0 aliphatic rings. The summed E-state index contributed by atoms with van der Waals surface area (Å²) < 4.78 is 29.9. The minimum Gasteiger partial charge on any atom is -0.486 e. The van der Waals surface area contributed by atoms with Gasteiger partial charge in [-0.1, -0.05) is 17.3 Å². The molecule has 0 fully saturated rings. The second-order valence-corrected chi connectivity index (χ2v) is 6.08. The smallest absolute Gasteiger partial charge is 0.248 e. The van der Waals surface area contributed by atoms with Crippen LogP contribution in [0.1, 0.15) is 45.5 Å². The Kier molecular flexibility index (Phi) is 11.5. The zero-order valence-electron chi connectivity index (χ0n) is 17.1. The first-order valence-corrected chi connectivity index (χ1v) is 9.40. The van der Waals surface area contributed by atoms with Gasteiger partial charge >= 0.3 is 0 Å². The van der Waals surface area contributed by atoms with Crippen LogP contribution in [0.25, 0.3) is 0 Å². The van der Waals surface area contributed by atoms with E-state index in [1.165, 1.54) is 6.07 Å². The fourth-order valence-electron chi connectivity index (χ4n) is 2.35. The summed E-state index contributed by atoms with van der Waals surface area (Å²) in [5, 5.41) is 10.2.